The third-order valence-electron chi connectivity index (χ3n) is 4.58. The van der Waals surface area contributed by atoms with Crippen LogP contribution >= 0.6 is 0 Å². The SMILES string of the molecule is COCC1(C(=O)O)CCN(C(=O)CN2CCCCCC2=O)C1. The highest BCUT2D eigenvalue weighted by molar-refractivity contribution is 5.86. The van der Waals surface area contributed by atoms with E-state index < -0.39 is 11.4 Å². The molecule has 2 amide bonds. The molecular weight excluding hydrogens is 288 g/mol. The lowest BCUT2D eigenvalue weighted by Gasteiger charge is -2.26. The summed E-state index contributed by atoms with van der Waals surface area (Å²) in [5.41, 5.74) is -1.02. The second-order valence-electron chi connectivity index (χ2n) is 6.21. The van der Waals surface area contributed by atoms with Gasteiger partial charge in [-0.3, -0.25) is 14.4 Å². The lowest BCUT2D eigenvalue weighted by atomic mass is 9.88. The molecule has 0 aromatic carbocycles. The van der Waals surface area contributed by atoms with Gasteiger partial charge in [0, 0.05) is 33.2 Å². The Hall–Kier alpha value is -1.63. The van der Waals surface area contributed by atoms with Crippen LogP contribution in [-0.2, 0) is 19.1 Å². The van der Waals surface area contributed by atoms with Gasteiger partial charge in [0.05, 0.1) is 13.2 Å². The van der Waals surface area contributed by atoms with Crippen molar-refractivity contribution in [2.45, 2.75) is 32.1 Å². The van der Waals surface area contributed by atoms with Crippen LogP contribution in [0, 0.1) is 5.41 Å². The molecule has 2 rings (SSSR count). The van der Waals surface area contributed by atoms with Crippen LogP contribution < -0.4 is 0 Å². The van der Waals surface area contributed by atoms with Crippen molar-refractivity contribution in [1.29, 1.82) is 0 Å². The van der Waals surface area contributed by atoms with Crippen LogP contribution in [-0.4, -0.2) is 72.6 Å². The Morgan fingerprint density at radius 3 is 2.73 bits per heavy atom. The fraction of sp³-hybridized carbons (Fsp3) is 0.800. The molecule has 1 atom stereocenters. The van der Waals surface area contributed by atoms with Crippen LogP contribution in [0.5, 0.6) is 0 Å². The summed E-state index contributed by atoms with van der Waals surface area (Å²) in [5.74, 6) is -1.09. The molecule has 2 aliphatic heterocycles. The Morgan fingerprint density at radius 2 is 2.05 bits per heavy atom. The molecule has 124 valence electrons. The van der Waals surface area contributed by atoms with Gasteiger partial charge >= 0.3 is 5.97 Å². The van der Waals surface area contributed by atoms with Gasteiger partial charge in [-0.05, 0) is 19.3 Å². The van der Waals surface area contributed by atoms with Crippen LogP contribution in [0.2, 0.25) is 0 Å². The first-order valence-corrected chi connectivity index (χ1v) is 7.76. The smallest absolute Gasteiger partial charge is 0.313 e. The molecule has 1 N–H and O–H groups in total. The maximum atomic E-state index is 12.4. The molecule has 2 heterocycles. The zero-order valence-electron chi connectivity index (χ0n) is 13.0. The Labute approximate surface area is 130 Å². The van der Waals surface area contributed by atoms with Gasteiger partial charge in [0.25, 0.3) is 0 Å². The molecule has 0 saturated carbocycles. The van der Waals surface area contributed by atoms with Crippen molar-refractivity contribution in [1.82, 2.24) is 9.80 Å². The summed E-state index contributed by atoms with van der Waals surface area (Å²) in [6.45, 7) is 1.31. The maximum Gasteiger partial charge on any atom is 0.313 e. The zero-order valence-corrected chi connectivity index (χ0v) is 13.0. The number of carbonyl (C=O) groups is 3. The number of carboxylic acid groups (broad SMARTS) is 1. The molecule has 7 heteroatoms. The number of carboxylic acids is 1. The second kappa shape index (κ2) is 7.09. The van der Waals surface area contributed by atoms with Gasteiger partial charge in [0.1, 0.15) is 5.41 Å². The Morgan fingerprint density at radius 1 is 1.27 bits per heavy atom. The van der Waals surface area contributed by atoms with Crippen LogP contribution in [0.1, 0.15) is 32.1 Å². The Balaban J connectivity index is 1.96. The predicted molar refractivity (Wildman–Crippen MR) is 78.2 cm³/mol. The summed E-state index contributed by atoms with van der Waals surface area (Å²) in [5, 5.41) is 9.41. The molecule has 22 heavy (non-hydrogen) atoms. The summed E-state index contributed by atoms with van der Waals surface area (Å²) in [4.78, 5) is 39.0. The second-order valence-corrected chi connectivity index (χ2v) is 6.21. The molecule has 0 bridgehead atoms. The Bertz CT molecular complexity index is 453. The molecule has 0 aliphatic carbocycles. The van der Waals surface area contributed by atoms with E-state index in [1.54, 1.807) is 9.80 Å². The molecule has 2 saturated heterocycles. The molecule has 1 unspecified atom stereocenters. The van der Waals surface area contributed by atoms with Crippen molar-refractivity contribution in [2.75, 3.05) is 39.9 Å². The first kappa shape index (κ1) is 16.7. The number of carbonyl (C=O) groups excluding carboxylic acids is 2. The monoisotopic (exact) mass is 312 g/mol. The standard InChI is InChI=1S/C15H24N2O5/c1-22-11-15(14(20)21)6-8-17(10-15)13(19)9-16-7-4-2-3-5-12(16)18/h2-11H2,1H3,(H,20,21). The lowest BCUT2D eigenvalue weighted by Crippen LogP contribution is -2.44. The predicted octanol–water partition coefficient (Wildman–Crippen LogP) is 0.339. The van der Waals surface area contributed by atoms with Crippen molar-refractivity contribution < 1.29 is 24.2 Å². The van der Waals surface area contributed by atoms with Crippen LogP contribution in [0.4, 0.5) is 0 Å². The number of rotatable bonds is 5. The van der Waals surface area contributed by atoms with Crippen LogP contribution in [0.3, 0.4) is 0 Å². The Kier molecular flexibility index (Phi) is 5.39. The number of ether oxygens (including phenoxy) is 1. The normalized spacial score (nSPS) is 26.1. The summed E-state index contributed by atoms with van der Waals surface area (Å²) in [7, 11) is 1.46. The third kappa shape index (κ3) is 3.58. The number of likely N-dealkylation sites (tertiary alicyclic amines) is 2. The highest BCUT2D eigenvalue weighted by atomic mass is 16.5. The van der Waals surface area contributed by atoms with E-state index in [4.69, 9.17) is 4.74 Å². The molecule has 0 aromatic rings. The first-order valence-electron chi connectivity index (χ1n) is 7.76. The van der Waals surface area contributed by atoms with Crippen molar-refractivity contribution in [3.05, 3.63) is 0 Å². The number of aliphatic carboxylic acids is 1. The molecular formula is C15H24N2O5. The van der Waals surface area contributed by atoms with Crippen molar-refractivity contribution in [3.8, 4) is 0 Å². The number of methoxy groups -OCH3 is 1. The summed E-state index contributed by atoms with van der Waals surface area (Å²) in [6, 6.07) is 0. The van der Waals surface area contributed by atoms with Gasteiger partial charge in [0.15, 0.2) is 0 Å². The van der Waals surface area contributed by atoms with Gasteiger partial charge in [-0.2, -0.15) is 0 Å². The van der Waals surface area contributed by atoms with Crippen LogP contribution in [0.15, 0.2) is 0 Å². The molecule has 0 aromatic heterocycles. The summed E-state index contributed by atoms with van der Waals surface area (Å²) >= 11 is 0. The summed E-state index contributed by atoms with van der Waals surface area (Å²) in [6.07, 6.45) is 3.69. The number of nitrogens with zero attached hydrogens (tertiary/aromatic N) is 2. The fourth-order valence-electron chi connectivity index (χ4n) is 3.18. The van der Waals surface area contributed by atoms with Crippen molar-refractivity contribution >= 4 is 17.8 Å². The van der Waals surface area contributed by atoms with Gasteiger partial charge in [-0.15, -0.1) is 0 Å². The van der Waals surface area contributed by atoms with Gasteiger partial charge in [0.2, 0.25) is 11.8 Å². The van der Waals surface area contributed by atoms with E-state index in [1.807, 2.05) is 0 Å². The van der Waals surface area contributed by atoms with E-state index in [-0.39, 0.29) is 31.5 Å². The van der Waals surface area contributed by atoms with Gasteiger partial charge in [-0.25, -0.2) is 0 Å². The lowest BCUT2D eigenvalue weighted by molar-refractivity contribution is -0.152. The third-order valence-corrected chi connectivity index (χ3v) is 4.58. The topological polar surface area (TPSA) is 87.2 Å². The molecule has 0 radical (unpaired) electrons. The number of amides is 2. The van der Waals surface area contributed by atoms with E-state index in [1.165, 1.54) is 7.11 Å². The first-order chi connectivity index (χ1) is 10.5. The molecule has 2 aliphatic rings. The van der Waals surface area contributed by atoms with E-state index >= 15 is 0 Å². The molecule has 0 spiro atoms. The van der Waals surface area contributed by atoms with E-state index in [2.05, 4.69) is 0 Å². The van der Waals surface area contributed by atoms with E-state index in [0.29, 0.717) is 25.9 Å². The van der Waals surface area contributed by atoms with E-state index in [0.717, 1.165) is 19.3 Å². The van der Waals surface area contributed by atoms with E-state index in [9.17, 15) is 19.5 Å². The minimum Gasteiger partial charge on any atom is -0.481 e. The van der Waals surface area contributed by atoms with Gasteiger partial charge < -0.3 is 19.6 Å². The average molecular weight is 312 g/mol. The zero-order chi connectivity index (χ0) is 16.2. The van der Waals surface area contributed by atoms with Crippen molar-refractivity contribution in [2.24, 2.45) is 5.41 Å². The van der Waals surface area contributed by atoms with Crippen molar-refractivity contribution in [3.63, 3.8) is 0 Å². The highest BCUT2D eigenvalue weighted by Gasteiger charge is 2.46. The molecule has 2 fully saturated rings. The minimum absolute atomic E-state index is 0.0198. The highest BCUT2D eigenvalue weighted by Crippen LogP contribution is 2.31. The van der Waals surface area contributed by atoms with Crippen LogP contribution in [0.25, 0.3) is 0 Å². The molecule has 7 nitrogen and oxygen atoms in total. The summed E-state index contributed by atoms with van der Waals surface area (Å²) < 4.78 is 5.02. The largest absolute Gasteiger partial charge is 0.481 e. The minimum atomic E-state index is -1.02. The number of hydrogen-bond acceptors (Lipinski definition) is 4. The maximum absolute atomic E-state index is 12.4. The fourth-order valence-corrected chi connectivity index (χ4v) is 3.18. The van der Waals surface area contributed by atoms with Gasteiger partial charge in [-0.1, -0.05) is 6.42 Å². The average Bonchev–Trinajstić information content (AvgIpc) is 2.81. The quantitative estimate of drug-likeness (QED) is 0.791. The number of hydrogen-bond donors (Lipinski definition) is 1.